The molecule has 1 saturated heterocycles. The van der Waals surface area contributed by atoms with Crippen molar-refractivity contribution in [3.8, 4) is 11.5 Å². The number of hydrogen-bond acceptors (Lipinski definition) is 9. The molecule has 1 aliphatic heterocycles. The molecule has 4 heterocycles. The summed E-state index contributed by atoms with van der Waals surface area (Å²) in [5.41, 5.74) is 6.14. The predicted molar refractivity (Wildman–Crippen MR) is 154 cm³/mol. The van der Waals surface area contributed by atoms with Crippen molar-refractivity contribution in [3.05, 3.63) is 82.9 Å². The highest BCUT2D eigenvalue weighted by atomic mass is 16.3. The quantitative estimate of drug-likeness (QED) is 0.331. The van der Waals surface area contributed by atoms with Crippen molar-refractivity contribution in [1.29, 1.82) is 0 Å². The number of rotatable bonds is 6. The van der Waals surface area contributed by atoms with E-state index in [-0.39, 0.29) is 17.9 Å². The molecule has 1 unspecified atom stereocenters. The molecule has 0 spiro atoms. The third-order valence-corrected chi connectivity index (χ3v) is 7.83. The van der Waals surface area contributed by atoms with Gasteiger partial charge in [-0.2, -0.15) is 4.80 Å². The molecule has 1 aliphatic carbocycles. The van der Waals surface area contributed by atoms with E-state index in [0.29, 0.717) is 60.4 Å². The molecule has 2 aliphatic rings. The third-order valence-electron chi connectivity index (χ3n) is 7.83. The number of carbonyl (C=O) groups excluding carboxylic acids is 2. The Labute approximate surface area is 241 Å². The van der Waals surface area contributed by atoms with E-state index in [1.165, 1.54) is 11.7 Å². The van der Waals surface area contributed by atoms with Crippen LogP contribution in [0.15, 0.2) is 59.0 Å². The molecule has 12 nitrogen and oxygen atoms in total. The van der Waals surface area contributed by atoms with E-state index in [2.05, 4.69) is 37.8 Å². The molecule has 1 atom stereocenters. The second-order valence-electron chi connectivity index (χ2n) is 10.6. The number of tetrazole rings is 1. The van der Waals surface area contributed by atoms with Crippen LogP contribution < -0.4 is 5.32 Å². The Morgan fingerprint density at radius 2 is 1.79 bits per heavy atom. The summed E-state index contributed by atoms with van der Waals surface area (Å²) in [6.07, 6.45) is 1.67. The number of oxazole rings is 1. The highest BCUT2D eigenvalue weighted by Crippen LogP contribution is 2.35. The number of aryl methyl sites for hydroxylation is 2. The molecule has 3 aromatic heterocycles. The van der Waals surface area contributed by atoms with Crippen LogP contribution in [0.1, 0.15) is 46.1 Å². The average Bonchev–Trinajstić information content (AvgIpc) is 3.60. The van der Waals surface area contributed by atoms with Gasteiger partial charge in [0.2, 0.25) is 11.8 Å². The van der Waals surface area contributed by atoms with Crippen molar-refractivity contribution < 1.29 is 14.0 Å². The number of fused-ring (bicyclic) bond motifs is 2. The third kappa shape index (κ3) is 4.79. The van der Waals surface area contributed by atoms with Crippen molar-refractivity contribution >= 4 is 28.6 Å². The summed E-state index contributed by atoms with van der Waals surface area (Å²) in [5.74, 6) is 0.825. The van der Waals surface area contributed by atoms with Gasteiger partial charge in [0, 0.05) is 50.0 Å². The summed E-state index contributed by atoms with van der Waals surface area (Å²) in [6, 6.07) is 17.1. The van der Waals surface area contributed by atoms with E-state index < -0.39 is 0 Å². The zero-order chi connectivity index (χ0) is 28.8. The number of nitrogens with zero attached hydrogens (tertiary/aromatic N) is 8. The lowest BCUT2D eigenvalue weighted by Crippen LogP contribution is -2.50. The van der Waals surface area contributed by atoms with Crippen LogP contribution in [0.2, 0.25) is 0 Å². The molecule has 0 saturated carbocycles. The normalized spacial score (nSPS) is 15.7. The molecule has 1 fully saturated rings. The van der Waals surface area contributed by atoms with Crippen LogP contribution in [0.25, 0.3) is 22.6 Å². The van der Waals surface area contributed by atoms with Crippen LogP contribution in [-0.4, -0.2) is 78.0 Å². The van der Waals surface area contributed by atoms with E-state index in [0.717, 1.165) is 35.2 Å². The van der Waals surface area contributed by atoms with E-state index in [9.17, 15) is 9.59 Å². The number of aromatic nitrogens is 6. The van der Waals surface area contributed by atoms with Gasteiger partial charge < -0.3 is 14.6 Å². The molecule has 1 N–H and O–H groups in total. The number of hydrogen-bond donors (Lipinski definition) is 1. The monoisotopic (exact) mass is 563 g/mol. The summed E-state index contributed by atoms with van der Waals surface area (Å²) in [4.78, 5) is 40.2. The zero-order valence-corrected chi connectivity index (χ0v) is 23.3. The second kappa shape index (κ2) is 10.5. The minimum absolute atomic E-state index is 0.108. The van der Waals surface area contributed by atoms with E-state index in [4.69, 9.17) is 14.4 Å². The molecule has 12 heteroatoms. The largest absolute Gasteiger partial charge is 0.436 e. The summed E-state index contributed by atoms with van der Waals surface area (Å²) < 4.78 is 6.09. The summed E-state index contributed by atoms with van der Waals surface area (Å²) in [5, 5.41) is 15.6. The molecule has 212 valence electrons. The Morgan fingerprint density at radius 3 is 2.48 bits per heavy atom. The topological polar surface area (TPSA) is 135 Å². The molecule has 42 heavy (non-hydrogen) atoms. The van der Waals surface area contributed by atoms with Crippen molar-refractivity contribution in [2.24, 2.45) is 7.05 Å². The number of carbonyl (C=O) groups is 2. The highest BCUT2D eigenvalue weighted by molar-refractivity contribution is 5.94. The van der Waals surface area contributed by atoms with Crippen LogP contribution in [0.3, 0.4) is 0 Å². The van der Waals surface area contributed by atoms with Crippen molar-refractivity contribution in [1.82, 2.24) is 40.0 Å². The number of anilines is 1. The zero-order valence-electron chi connectivity index (χ0n) is 23.3. The smallest absolute Gasteiger partial charge is 0.272 e. The Kier molecular flexibility index (Phi) is 6.46. The van der Waals surface area contributed by atoms with Gasteiger partial charge in [-0.3, -0.25) is 14.5 Å². The maximum absolute atomic E-state index is 13.7. The summed E-state index contributed by atoms with van der Waals surface area (Å²) in [6.45, 7) is 3.87. The van der Waals surface area contributed by atoms with Crippen molar-refractivity contribution in [2.45, 2.75) is 25.8 Å². The molecule has 5 aromatic rings. The first-order chi connectivity index (χ1) is 20.4. The van der Waals surface area contributed by atoms with Crippen LogP contribution >= 0.6 is 0 Å². The maximum atomic E-state index is 13.7. The van der Waals surface area contributed by atoms with E-state index in [1.807, 2.05) is 29.2 Å². The lowest BCUT2D eigenvalue weighted by molar-refractivity contribution is -0.114. The molecule has 2 aromatic carbocycles. The lowest BCUT2D eigenvalue weighted by atomic mass is 9.88. The van der Waals surface area contributed by atoms with Gasteiger partial charge >= 0.3 is 0 Å². The summed E-state index contributed by atoms with van der Waals surface area (Å²) >= 11 is 0. The van der Waals surface area contributed by atoms with Gasteiger partial charge in [-0.25, -0.2) is 9.97 Å². The predicted octanol–water partition coefficient (Wildman–Crippen LogP) is 3.02. The van der Waals surface area contributed by atoms with Crippen molar-refractivity contribution in [2.75, 3.05) is 31.5 Å². The minimum Gasteiger partial charge on any atom is -0.436 e. The molecule has 7 rings (SSSR count). The highest BCUT2D eigenvalue weighted by Gasteiger charge is 2.33. The second-order valence-corrected chi connectivity index (χ2v) is 10.6. The number of nitrogens with one attached hydrogen (secondary N) is 1. The standard InChI is InChI=1S/C30H29N9O3/c1-18(40)31-20-8-11-26-24(16-20)33-29(42-26)22-17-25(32-23-10-9-21(22)23)30(41)39-14-12-38(13-15-39)27(19-6-4-3-5-7-19)28-34-36-37(2)35-28/h3-8,11,16-17,27H,9-10,12-15H2,1-2H3,(H,31,40). The molecule has 0 bridgehead atoms. The van der Waals surface area contributed by atoms with Crippen LogP contribution in [0.5, 0.6) is 0 Å². The number of benzene rings is 2. The van der Waals surface area contributed by atoms with Crippen LogP contribution in [-0.2, 0) is 24.7 Å². The Balaban J connectivity index is 1.12. The van der Waals surface area contributed by atoms with Gasteiger partial charge in [-0.05, 0) is 53.4 Å². The first-order valence-corrected chi connectivity index (χ1v) is 14.0. The Bertz CT molecular complexity index is 1810. The Hall–Kier alpha value is -4.97. The summed E-state index contributed by atoms with van der Waals surface area (Å²) in [7, 11) is 1.76. The first-order valence-electron chi connectivity index (χ1n) is 14.0. The fraction of sp³-hybridized carbons (Fsp3) is 0.300. The number of pyridine rings is 1. The maximum Gasteiger partial charge on any atom is 0.272 e. The molecule has 2 amide bonds. The van der Waals surface area contributed by atoms with Gasteiger partial charge in [0.1, 0.15) is 11.2 Å². The number of amides is 2. The average molecular weight is 564 g/mol. The van der Waals surface area contributed by atoms with Gasteiger partial charge in [0.05, 0.1) is 13.1 Å². The number of piperazine rings is 1. The van der Waals surface area contributed by atoms with E-state index >= 15 is 0 Å². The van der Waals surface area contributed by atoms with E-state index in [1.54, 1.807) is 25.2 Å². The van der Waals surface area contributed by atoms with Gasteiger partial charge in [-0.1, -0.05) is 30.3 Å². The fourth-order valence-corrected chi connectivity index (χ4v) is 5.71. The molecular formula is C30H29N9O3. The minimum atomic E-state index is -0.154. The Morgan fingerprint density at radius 1 is 0.976 bits per heavy atom. The van der Waals surface area contributed by atoms with Crippen LogP contribution in [0, 0.1) is 0 Å². The molecular weight excluding hydrogens is 534 g/mol. The SMILES string of the molecule is CC(=O)Nc1ccc2oc(-c3cc(C(=O)N4CCN(C(c5ccccc5)c5nnn(C)n5)CC4)nc4c3CC4)nc2c1. The fourth-order valence-electron chi connectivity index (χ4n) is 5.71. The first kappa shape index (κ1) is 26.0. The van der Waals surface area contributed by atoms with Crippen molar-refractivity contribution in [3.63, 3.8) is 0 Å². The van der Waals surface area contributed by atoms with Gasteiger partial charge in [0.25, 0.3) is 5.91 Å². The lowest BCUT2D eigenvalue weighted by Gasteiger charge is -2.38. The van der Waals surface area contributed by atoms with Crippen LogP contribution in [0.4, 0.5) is 5.69 Å². The molecule has 0 radical (unpaired) electrons. The van der Waals surface area contributed by atoms with Gasteiger partial charge in [-0.15, -0.1) is 10.2 Å². The van der Waals surface area contributed by atoms with Gasteiger partial charge in [0.15, 0.2) is 11.4 Å².